The van der Waals surface area contributed by atoms with Crippen LogP contribution in [0, 0.1) is 6.92 Å². The van der Waals surface area contributed by atoms with Gasteiger partial charge < -0.3 is 14.6 Å². The van der Waals surface area contributed by atoms with Gasteiger partial charge >= 0.3 is 6.03 Å². The zero-order valence-electron chi connectivity index (χ0n) is 13.8. The number of ether oxygens (including phenoxy) is 1. The Balaban J connectivity index is 1.62. The SMILES string of the molecule is Cc1noc(-c2c(NC(=O)Nc3ccc(Cl)cc3)sc3c2CCOC3)n1. The van der Waals surface area contributed by atoms with E-state index in [0.29, 0.717) is 40.6 Å². The van der Waals surface area contributed by atoms with Crippen LogP contribution < -0.4 is 10.6 Å². The van der Waals surface area contributed by atoms with Gasteiger partial charge in [0.15, 0.2) is 5.82 Å². The summed E-state index contributed by atoms with van der Waals surface area (Å²) in [5.41, 5.74) is 2.51. The summed E-state index contributed by atoms with van der Waals surface area (Å²) in [7, 11) is 0. The van der Waals surface area contributed by atoms with Gasteiger partial charge in [-0.1, -0.05) is 16.8 Å². The Bertz CT molecular complexity index is 952. The van der Waals surface area contributed by atoms with Crippen molar-refractivity contribution in [2.45, 2.75) is 20.0 Å². The number of halogens is 1. The Morgan fingerprint density at radius 3 is 2.81 bits per heavy atom. The molecule has 9 heteroatoms. The van der Waals surface area contributed by atoms with Crippen LogP contribution in [0.3, 0.4) is 0 Å². The van der Waals surface area contributed by atoms with Crippen molar-refractivity contribution in [1.82, 2.24) is 10.1 Å². The number of thiophene rings is 1. The van der Waals surface area contributed by atoms with Crippen molar-refractivity contribution in [2.75, 3.05) is 17.2 Å². The van der Waals surface area contributed by atoms with E-state index in [9.17, 15) is 4.79 Å². The number of nitrogens with one attached hydrogen (secondary N) is 2. The molecule has 1 aromatic carbocycles. The third-order valence-corrected chi connectivity index (χ3v) is 5.26. The summed E-state index contributed by atoms with van der Waals surface area (Å²) >= 11 is 7.33. The Morgan fingerprint density at radius 2 is 2.08 bits per heavy atom. The average Bonchev–Trinajstić information content (AvgIpc) is 3.19. The quantitative estimate of drug-likeness (QED) is 0.688. The second kappa shape index (κ2) is 7.06. The van der Waals surface area contributed by atoms with Gasteiger partial charge in [0.2, 0.25) is 0 Å². The number of amides is 2. The lowest BCUT2D eigenvalue weighted by molar-refractivity contribution is 0.113. The van der Waals surface area contributed by atoms with Gasteiger partial charge in [0.25, 0.3) is 5.89 Å². The number of aromatic nitrogens is 2. The maximum absolute atomic E-state index is 12.4. The van der Waals surface area contributed by atoms with E-state index in [1.165, 1.54) is 11.3 Å². The Morgan fingerprint density at radius 1 is 1.27 bits per heavy atom. The average molecular weight is 391 g/mol. The van der Waals surface area contributed by atoms with Crippen molar-refractivity contribution < 1.29 is 14.1 Å². The van der Waals surface area contributed by atoms with E-state index < -0.39 is 0 Å². The molecule has 0 bridgehead atoms. The number of hydrogen-bond donors (Lipinski definition) is 2. The number of anilines is 2. The number of hydrogen-bond acceptors (Lipinski definition) is 6. The van der Waals surface area contributed by atoms with Crippen molar-refractivity contribution in [2.24, 2.45) is 0 Å². The number of carbonyl (C=O) groups is 1. The summed E-state index contributed by atoms with van der Waals surface area (Å²) < 4.78 is 10.9. The molecule has 1 aliphatic heterocycles. The van der Waals surface area contributed by atoms with Gasteiger partial charge in [-0.25, -0.2) is 4.79 Å². The predicted octanol–water partition coefficient (Wildman–Crippen LogP) is 4.48. The fourth-order valence-corrected chi connectivity index (χ4v) is 4.04. The van der Waals surface area contributed by atoms with Crippen LogP contribution in [0.4, 0.5) is 15.5 Å². The largest absolute Gasteiger partial charge is 0.376 e. The summed E-state index contributed by atoms with van der Waals surface area (Å²) in [6.07, 6.45) is 0.739. The molecular formula is C17H15ClN4O3S. The molecule has 0 radical (unpaired) electrons. The number of fused-ring (bicyclic) bond motifs is 1. The van der Waals surface area contributed by atoms with Gasteiger partial charge in [0, 0.05) is 15.6 Å². The number of rotatable bonds is 3. The monoisotopic (exact) mass is 390 g/mol. The highest BCUT2D eigenvalue weighted by Gasteiger charge is 2.26. The lowest BCUT2D eigenvalue weighted by Gasteiger charge is -2.12. The third-order valence-electron chi connectivity index (χ3n) is 3.89. The summed E-state index contributed by atoms with van der Waals surface area (Å²) in [5.74, 6) is 0.951. The molecular weight excluding hydrogens is 376 g/mol. The van der Waals surface area contributed by atoms with E-state index >= 15 is 0 Å². The van der Waals surface area contributed by atoms with E-state index in [0.717, 1.165) is 22.4 Å². The molecule has 0 spiro atoms. The smallest absolute Gasteiger partial charge is 0.324 e. The van der Waals surface area contributed by atoms with Crippen LogP contribution in [0.5, 0.6) is 0 Å². The van der Waals surface area contributed by atoms with Gasteiger partial charge in [-0.15, -0.1) is 11.3 Å². The summed E-state index contributed by atoms with van der Waals surface area (Å²) in [6, 6.07) is 6.54. The molecule has 0 saturated heterocycles. The number of urea groups is 1. The van der Waals surface area contributed by atoms with Crippen molar-refractivity contribution in [3.05, 3.63) is 45.6 Å². The van der Waals surface area contributed by atoms with Gasteiger partial charge in [-0.2, -0.15) is 4.98 Å². The summed E-state index contributed by atoms with van der Waals surface area (Å²) in [4.78, 5) is 17.8. The molecule has 4 rings (SSSR count). The van der Waals surface area contributed by atoms with Crippen molar-refractivity contribution >= 4 is 39.7 Å². The van der Waals surface area contributed by atoms with Crippen LogP contribution in [0.25, 0.3) is 11.5 Å². The minimum Gasteiger partial charge on any atom is -0.376 e. The lowest BCUT2D eigenvalue weighted by Crippen LogP contribution is -2.19. The highest BCUT2D eigenvalue weighted by molar-refractivity contribution is 7.17. The van der Waals surface area contributed by atoms with E-state index in [-0.39, 0.29) is 6.03 Å². The second-order valence-electron chi connectivity index (χ2n) is 5.74. The van der Waals surface area contributed by atoms with Crippen LogP contribution >= 0.6 is 22.9 Å². The number of carbonyl (C=O) groups excluding carboxylic acids is 1. The van der Waals surface area contributed by atoms with E-state index in [2.05, 4.69) is 20.8 Å². The van der Waals surface area contributed by atoms with Crippen LogP contribution in [-0.4, -0.2) is 22.8 Å². The second-order valence-corrected chi connectivity index (χ2v) is 7.28. The van der Waals surface area contributed by atoms with Crippen LogP contribution in [0.2, 0.25) is 5.02 Å². The lowest BCUT2D eigenvalue weighted by atomic mass is 10.1. The van der Waals surface area contributed by atoms with Gasteiger partial charge in [-0.3, -0.25) is 5.32 Å². The minimum absolute atomic E-state index is 0.357. The van der Waals surface area contributed by atoms with Crippen LogP contribution in [-0.2, 0) is 17.8 Å². The zero-order chi connectivity index (χ0) is 18.1. The van der Waals surface area contributed by atoms with E-state index in [1.54, 1.807) is 31.2 Å². The molecule has 3 heterocycles. The van der Waals surface area contributed by atoms with Crippen molar-refractivity contribution in [3.8, 4) is 11.5 Å². The first-order valence-corrected chi connectivity index (χ1v) is 9.16. The van der Waals surface area contributed by atoms with Gasteiger partial charge in [0.05, 0.1) is 18.8 Å². The molecule has 0 aliphatic carbocycles. The maximum atomic E-state index is 12.4. The number of nitrogens with zero attached hydrogens (tertiary/aromatic N) is 2. The van der Waals surface area contributed by atoms with Gasteiger partial charge in [-0.05, 0) is 43.2 Å². The minimum atomic E-state index is -0.357. The molecule has 7 nitrogen and oxygen atoms in total. The maximum Gasteiger partial charge on any atom is 0.324 e. The fourth-order valence-electron chi connectivity index (χ4n) is 2.74. The Kier molecular flexibility index (Phi) is 4.62. The van der Waals surface area contributed by atoms with Crippen LogP contribution in [0.15, 0.2) is 28.8 Å². The first kappa shape index (κ1) is 17.0. The Labute approximate surface area is 158 Å². The number of aryl methyl sites for hydroxylation is 1. The molecule has 26 heavy (non-hydrogen) atoms. The molecule has 3 aromatic rings. The normalized spacial score (nSPS) is 13.3. The van der Waals surface area contributed by atoms with Crippen LogP contribution in [0.1, 0.15) is 16.3 Å². The van der Waals surface area contributed by atoms with Gasteiger partial charge in [0.1, 0.15) is 5.00 Å². The summed E-state index contributed by atoms with van der Waals surface area (Å²) in [6.45, 7) is 2.90. The third kappa shape index (κ3) is 3.44. The highest BCUT2D eigenvalue weighted by Crippen LogP contribution is 2.42. The molecule has 0 fully saturated rings. The standard InChI is InChI=1S/C17H15ClN4O3S/c1-9-19-15(25-22-9)14-12-6-7-24-8-13(12)26-16(14)21-17(23)20-11-4-2-10(18)3-5-11/h2-5H,6-8H2,1H3,(H2,20,21,23). The molecule has 0 atom stereocenters. The molecule has 2 N–H and O–H groups in total. The highest BCUT2D eigenvalue weighted by atomic mass is 35.5. The molecule has 1 aliphatic rings. The number of benzene rings is 1. The predicted molar refractivity (Wildman–Crippen MR) is 99.8 cm³/mol. The fraction of sp³-hybridized carbons (Fsp3) is 0.235. The summed E-state index contributed by atoms with van der Waals surface area (Å²) in [5, 5.41) is 10.8. The zero-order valence-corrected chi connectivity index (χ0v) is 15.4. The van der Waals surface area contributed by atoms with Crippen molar-refractivity contribution in [3.63, 3.8) is 0 Å². The topological polar surface area (TPSA) is 89.3 Å². The first-order valence-electron chi connectivity index (χ1n) is 7.96. The Hall–Kier alpha value is -2.42. The van der Waals surface area contributed by atoms with E-state index in [1.807, 2.05) is 0 Å². The molecule has 2 amide bonds. The molecule has 0 saturated carbocycles. The van der Waals surface area contributed by atoms with Crippen molar-refractivity contribution in [1.29, 1.82) is 0 Å². The van der Waals surface area contributed by atoms with E-state index in [4.69, 9.17) is 20.9 Å². The molecule has 0 unspecified atom stereocenters. The molecule has 2 aromatic heterocycles. The molecule has 134 valence electrons. The first-order chi connectivity index (χ1) is 12.6.